The van der Waals surface area contributed by atoms with Crippen molar-refractivity contribution in [2.75, 3.05) is 11.6 Å². The minimum atomic E-state index is -0.199. The molecule has 0 aromatic heterocycles. The molecular weight excluding hydrogens is 306 g/mol. The second kappa shape index (κ2) is 4.77. The van der Waals surface area contributed by atoms with Gasteiger partial charge in [-0.05, 0) is 0 Å². The van der Waals surface area contributed by atoms with E-state index >= 15 is 0 Å². The first-order valence-corrected chi connectivity index (χ1v) is 7.42. The molecule has 86 valence electrons. The third kappa shape index (κ3) is 1.97. The highest BCUT2D eigenvalue weighted by atomic mass is 35.5. The summed E-state index contributed by atoms with van der Waals surface area (Å²) in [5, 5.41) is 10.4. The lowest BCUT2D eigenvalue weighted by Gasteiger charge is -2.27. The number of thiocarbonyl (C=S) groups is 2. The maximum absolute atomic E-state index is 11.6. The van der Waals surface area contributed by atoms with Gasteiger partial charge in [-0.2, -0.15) is 5.01 Å². The van der Waals surface area contributed by atoms with Gasteiger partial charge in [0, 0.05) is 5.88 Å². The van der Waals surface area contributed by atoms with Crippen LogP contribution in [0.2, 0.25) is 0 Å². The number of halogens is 1. The second-order valence-electron chi connectivity index (χ2n) is 2.98. The lowest BCUT2D eigenvalue weighted by Crippen LogP contribution is -2.48. The molecule has 1 N–H and O–H groups in total. The van der Waals surface area contributed by atoms with Gasteiger partial charge in [-0.3, -0.25) is 10.2 Å². The molecule has 1 amide bonds. The molecule has 0 aromatic rings. The van der Waals surface area contributed by atoms with Gasteiger partial charge in [0.2, 0.25) is 0 Å². The van der Waals surface area contributed by atoms with Crippen molar-refractivity contribution in [1.82, 2.24) is 10.0 Å². The fourth-order valence-electron chi connectivity index (χ4n) is 1.30. The first kappa shape index (κ1) is 12.6. The lowest BCUT2D eigenvalue weighted by molar-refractivity contribution is -0.128. The largest absolute Gasteiger partial charge is 0.286 e. The van der Waals surface area contributed by atoms with Crippen LogP contribution in [0.3, 0.4) is 0 Å². The number of thioether (sulfide) groups is 2. The Balaban J connectivity index is 2.27. The average Bonchev–Trinajstić information content (AvgIpc) is 2.70. The summed E-state index contributed by atoms with van der Waals surface area (Å²) < 4.78 is 0.891. The molecular formula is C7H6ClN3OS4. The number of amidine groups is 1. The number of hydrogen-bond donors (Lipinski definition) is 1. The Morgan fingerprint density at radius 3 is 2.56 bits per heavy atom. The van der Waals surface area contributed by atoms with Crippen LogP contribution in [0.15, 0.2) is 0 Å². The summed E-state index contributed by atoms with van der Waals surface area (Å²) in [5.74, 6) is 0.685. The fourth-order valence-corrected chi connectivity index (χ4v) is 3.99. The highest BCUT2D eigenvalue weighted by Crippen LogP contribution is 2.33. The number of nitrogens with zero attached hydrogens (tertiary/aromatic N) is 2. The minimum Gasteiger partial charge on any atom is -0.286 e. The van der Waals surface area contributed by atoms with Crippen molar-refractivity contribution in [2.24, 2.45) is 0 Å². The number of carbonyl (C=O) groups is 1. The van der Waals surface area contributed by atoms with E-state index in [9.17, 15) is 4.79 Å². The molecule has 2 aliphatic rings. The summed E-state index contributed by atoms with van der Waals surface area (Å²) in [4.78, 5) is 11.6. The molecule has 0 aliphatic carbocycles. The number of amides is 1. The maximum atomic E-state index is 11.6. The predicted octanol–water partition coefficient (Wildman–Crippen LogP) is 1.68. The fraction of sp³-hybridized carbons (Fsp3) is 0.429. The summed E-state index contributed by atoms with van der Waals surface area (Å²) in [6, 6.07) is 0. The molecule has 0 spiro atoms. The van der Waals surface area contributed by atoms with Gasteiger partial charge in [-0.15, -0.1) is 11.6 Å². The van der Waals surface area contributed by atoms with E-state index in [4.69, 9.17) is 41.4 Å². The van der Waals surface area contributed by atoms with Crippen molar-refractivity contribution < 1.29 is 4.79 Å². The standard InChI is InChI=1S/C7H6ClN3OS4/c8-1-3-5(9)11(7(14)16-3)10-4(12)2-15-6(10)13/h3,9H,1-2H2/t3-/m1/s1. The smallest absolute Gasteiger partial charge is 0.257 e. The molecule has 9 heteroatoms. The van der Waals surface area contributed by atoms with E-state index < -0.39 is 0 Å². The van der Waals surface area contributed by atoms with Crippen molar-refractivity contribution in [3.05, 3.63) is 0 Å². The quantitative estimate of drug-likeness (QED) is 0.618. The SMILES string of the molecule is N=C1[C@@H](CCl)SC(=S)N1N1C(=O)CSC1=S. The molecule has 0 saturated carbocycles. The van der Waals surface area contributed by atoms with Gasteiger partial charge < -0.3 is 0 Å². The Morgan fingerprint density at radius 2 is 2.12 bits per heavy atom. The Morgan fingerprint density at radius 1 is 1.44 bits per heavy atom. The van der Waals surface area contributed by atoms with E-state index in [1.807, 2.05) is 0 Å². The first-order valence-electron chi connectivity index (χ1n) is 4.21. The number of carbonyl (C=O) groups excluding carboxylic acids is 1. The predicted molar refractivity (Wildman–Crippen MR) is 76.2 cm³/mol. The molecule has 0 unspecified atom stereocenters. The van der Waals surface area contributed by atoms with E-state index in [2.05, 4.69) is 0 Å². The molecule has 1 atom stereocenters. The van der Waals surface area contributed by atoms with Crippen molar-refractivity contribution in [1.29, 1.82) is 5.41 Å². The van der Waals surface area contributed by atoms with Crippen LogP contribution in [0, 0.1) is 5.41 Å². The van der Waals surface area contributed by atoms with Gasteiger partial charge in [0.25, 0.3) is 5.91 Å². The zero-order valence-electron chi connectivity index (χ0n) is 7.81. The third-order valence-corrected chi connectivity index (χ3v) is 5.36. The van der Waals surface area contributed by atoms with Gasteiger partial charge in [-0.1, -0.05) is 48.0 Å². The molecule has 2 rings (SSSR count). The number of rotatable bonds is 2. The monoisotopic (exact) mass is 311 g/mol. The van der Waals surface area contributed by atoms with Gasteiger partial charge >= 0.3 is 0 Å². The van der Waals surface area contributed by atoms with Crippen LogP contribution in [0.5, 0.6) is 0 Å². The summed E-state index contributed by atoms with van der Waals surface area (Å²) in [5.41, 5.74) is 0. The average molecular weight is 312 g/mol. The molecule has 2 heterocycles. The van der Waals surface area contributed by atoms with E-state index in [0.29, 0.717) is 20.3 Å². The van der Waals surface area contributed by atoms with Crippen LogP contribution in [0.4, 0.5) is 0 Å². The summed E-state index contributed by atoms with van der Waals surface area (Å²) >= 11 is 18.5. The van der Waals surface area contributed by atoms with Crippen molar-refractivity contribution >= 4 is 79.9 Å². The molecule has 0 radical (unpaired) electrons. The van der Waals surface area contributed by atoms with Gasteiger partial charge in [0.15, 0.2) is 8.64 Å². The molecule has 2 aliphatic heterocycles. The Hall–Kier alpha value is 0.110. The maximum Gasteiger partial charge on any atom is 0.257 e. The Bertz CT molecular complexity index is 385. The lowest BCUT2D eigenvalue weighted by atomic mass is 10.4. The van der Waals surface area contributed by atoms with Crippen molar-refractivity contribution in [3.8, 4) is 0 Å². The summed E-state index contributed by atoms with van der Waals surface area (Å²) in [6.45, 7) is 0. The van der Waals surface area contributed by atoms with Crippen molar-refractivity contribution in [2.45, 2.75) is 5.25 Å². The van der Waals surface area contributed by atoms with E-state index in [1.165, 1.54) is 33.5 Å². The number of hydrogen-bond acceptors (Lipinski definition) is 6. The van der Waals surface area contributed by atoms with E-state index in [-0.39, 0.29) is 17.0 Å². The third-order valence-electron chi connectivity index (χ3n) is 2.02. The molecule has 4 nitrogen and oxygen atoms in total. The van der Waals surface area contributed by atoms with Crippen LogP contribution >= 0.6 is 59.6 Å². The highest BCUT2D eigenvalue weighted by Gasteiger charge is 2.42. The molecule has 2 fully saturated rings. The molecule has 0 bridgehead atoms. The van der Waals surface area contributed by atoms with Crippen LogP contribution in [-0.2, 0) is 4.79 Å². The summed E-state index contributed by atoms with van der Waals surface area (Å²) in [6.07, 6.45) is 0. The van der Waals surface area contributed by atoms with Crippen LogP contribution in [-0.4, -0.2) is 47.3 Å². The zero-order valence-corrected chi connectivity index (χ0v) is 11.8. The summed E-state index contributed by atoms with van der Waals surface area (Å²) in [7, 11) is 0. The molecule has 2 saturated heterocycles. The van der Waals surface area contributed by atoms with Crippen LogP contribution in [0.1, 0.15) is 0 Å². The Kier molecular flexibility index (Phi) is 3.75. The highest BCUT2D eigenvalue weighted by molar-refractivity contribution is 8.25. The second-order valence-corrected chi connectivity index (χ2v) is 6.74. The molecule has 16 heavy (non-hydrogen) atoms. The van der Waals surface area contributed by atoms with Gasteiger partial charge in [0.05, 0.1) is 11.0 Å². The minimum absolute atomic E-state index is 0.141. The van der Waals surface area contributed by atoms with Crippen LogP contribution in [0.25, 0.3) is 0 Å². The first-order chi connectivity index (χ1) is 7.56. The van der Waals surface area contributed by atoms with E-state index in [0.717, 1.165) is 0 Å². The van der Waals surface area contributed by atoms with Gasteiger partial charge in [-0.25, -0.2) is 5.01 Å². The number of nitrogens with one attached hydrogen (secondary N) is 1. The number of alkyl halides is 1. The Labute approximate surface area is 117 Å². The molecule has 0 aromatic carbocycles. The van der Waals surface area contributed by atoms with E-state index in [1.54, 1.807) is 0 Å². The topological polar surface area (TPSA) is 47.4 Å². The van der Waals surface area contributed by atoms with Crippen molar-refractivity contribution in [3.63, 3.8) is 0 Å². The van der Waals surface area contributed by atoms with Gasteiger partial charge in [0.1, 0.15) is 5.84 Å². The zero-order chi connectivity index (χ0) is 11.9. The van der Waals surface area contributed by atoms with Crippen LogP contribution < -0.4 is 0 Å². The number of hydrazine groups is 1. The normalized spacial score (nSPS) is 26.2.